The molecule has 0 radical (unpaired) electrons. The third-order valence-electron chi connectivity index (χ3n) is 6.02. The number of amides is 2. The maximum Gasteiger partial charge on any atom is 0.407 e. The maximum absolute atomic E-state index is 12.6. The van der Waals surface area contributed by atoms with Gasteiger partial charge in [-0.1, -0.05) is 61.4 Å². The lowest BCUT2D eigenvalue weighted by atomic mass is 9.98. The Morgan fingerprint density at radius 3 is 2.06 bits per heavy atom. The number of alkyl carbamates (subject to hydrolysis) is 1. The minimum Gasteiger partial charge on any atom is -0.480 e. The van der Waals surface area contributed by atoms with Gasteiger partial charge in [0.05, 0.1) is 6.61 Å². The molecule has 0 aliphatic heterocycles. The smallest absolute Gasteiger partial charge is 0.407 e. The average molecular weight is 438 g/mol. The lowest BCUT2D eigenvalue weighted by Gasteiger charge is -2.21. The molecule has 0 heterocycles. The first-order chi connectivity index (χ1) is 15.5. The van der Waals surface area contributed by atoms with Crippen LogP contribution in [0.25, 0.3) is 11.1 Å². The number of hydrogen-bond donors (Lipinski definition) is 4. The third-order valence-corrected chi connectivity index (χ3v) is 6.02. The fraction of sp³-hybridized carbons (Fsp3) is 0.375. The number of carboxylic acid groups (broad SMARTS) is 1. The highest BCUT2D eigenvalue weighted by molar-refractivity contribution is 5.89. The van der Waals surface area contributed by atoms with Crippen molar-refractivity contribution in [3.8, 4) is 11.1 Å². The van der Waals surface area contributed by atoms with Gasteiger partial charge in [0.2, 0.25) is 5.91 Å². The van der Waals surface area contributed by atoms with Crippen molar-refractivity contribution >= 4 is 18.0 Å². The lowest BCUT2D eigenvalue weighted by Crippen LogP contribution is -2.53. The van der Waals surface area contributed by atoms with E-state index in [1.807, 2.05) is 48.5 Å². The van der Waals surface area contributed by atoms with Crippen LogP contribution in [0.3, 0.4) is 0 Å². The topological polar surface area (TPSA) is 125 Å². The number of benzene rings is 2. The zero-order valence-electron chi connectivity index (χ0n) is 17.5. The number of aliphatic hydroxyl groups excluding tert-OH is 1. The van der Waals surface area contributed by atoms with E-state index in [4.69, 9.17) is 14.9 Å². The van der Waals surface area contributed by atoms with Gasteiger partial charge < -0.3 is 25.6 Å². The molecule has 2 aliphatic rings. The Balaban J connectivity index is 1.40. The van der Waals surface area contributed by atoms with Gasteiger partial charge in [-0.3, -0.25) is 4.79 Å². The molecule has 4 N–H and O–H groups in total. The van der Waals surface area contributed by atoms with Gasteiger partial charge in [-0.2, -0.15) is 0 Å². The lowest BCUT2D eigenvalue weighted by molar-refractivity contribution is -0.143. The van der Waals surface area contributed by atoms with Crippen LogP contribution in [0.4, 0.5) is 4.79 Å². The maximum atomic E-state index is 12.6. The SMILES string of the molecule is O=C(N[C@@H](CC1CC1)C(=O)N[C@H](CO)C(=O)O)OCC1c2ccccc2-c2ccccc21. The highest BCUT2D eigenvalue weighted by Gasteiger charge is 2.33. The van der Waals surface area contributed by atoms with Crippen LogP contribution in [0.2, 0.25) is 0 Å². The molecule has 2 atom stereocenters. The third kappa shape index (κ3) is 4.75. The zero-order chi connectivity index (χ0) is 22.7. The number of rotatable bonds is 9. The number of carboxylic acids is 1. The summed E-state index contributed by atoms with van der Waals surface area (Å²) in [7, 11) is 0. The van der Waals surface area contributed by atoms with Crippen LogP contribution in [0, 0.1) is 5.92 Å². The molecule has 0 bridgehead atoms. The molecule has 0 spiro atoms. The van der Waals surface area contributed by atoms with Crippen molar-refractivity contribution in [3.05, 3.63) is 59.7 Å². The summed E-state index contributed by atoms with van der Waals surface area (Å²) >= 11 is 0. The van der Waals surface area contributed by atoms with E-state index < -0.39 is 36.7 Å². The first-order valence-electron chi connectivity index (χ1n) is 10.7. The Morgan fingerprint density at radius 1 is 0.938 bits per heavy atom. The van der Waals surface area contributed by atoms with E-state index in [2.05, 4.69) is 10.6 Å². The van der Waals surface area contributed by atoms with Gasteiger partial charge >= 0.3 is 12.1 Å². The number of nitrogens with one attached hydrogen (secondary N) is 2. The largest absolute Gasteiger partial charge is 0.480 e. The number of aliphatic hydroxyl groups is 1. The molecule has 8 nitrogen and oxygen atoms in total. The van der Waals surface area contributed by atoms with E-state index in [9.17, 15) is 14.4 Å². The van der Waals surface area contributed by atoms with Gasteiger partial charge in [-0.15, -0.1) is 0 Å². The number of ether oxygens (including phenoxy) is 1. The van der Waals surface area contributed by atoms with Crippen LogP contribution < -0.4 is 10.6 Å². The van der Waals surface area contributed by atoms with E-state index in [1.165, 1.54) is 0 Å². The van der Waals surface area contributed by atoms with Gasteiger partial charge in [0.15, 0.2) is 0 Å². The molecule has 1 saturated carbocycles. The molecule has 2 amide bonds. The molecular weight excluding hydrogens is 412 g/mol. The van der Waals surface area contributed by atoms with Crippen molar-refractivity contribution in [2.45, 2.75) is 37.3 Å². The van der Waals surface area contributed by atoms with Crippen molar-refractivity contribution in [1.82, 2.24) is 10.6 Å². The van der Waals surface area contributed by atoms with Crippen LogP contribution in [-0.4, -0.2) is 53.5 Å². The summed E-state index contributed by atoms with van der Waals surface area (Å²) < 4.78 is 5.51. The van der Waals surface area contributed by atoms with E-state index in [-0.39, 0.29) is 12.5 Å². The molecular formula is C24H26N2O6. The molecule has 0 aromatic heterocycles. The second-order valence-corrected chi connectivity index (χ2v) is 8.28. The van der Waals surface area contributed by atoms with Crippen molar-refractivity contribution in [1.29, 1.82) is 0 Å². The van der Waals surface area contributed by atoms with E-state index >= 15 is 0 Å². The van der Waals surface area contributed by atoms with Gasteiger partial charge in [0.1, 0.15) is 18.7 Å². The van der Waals surface area contributed by atoms with Gasteiger partial charge in [-0.05, 0) is 34.6 Å². The zero-order valence-corrected chi connectivity index (χ0v) is 17.5. The molecule has 2 aliphatic carbocycles. The van der Waals surface area contributed by atoms with E-state index in [0.717, 1.165) is 35.1 Å². The molecule has 1 fully saturated rings. The standard InChI is InChI=1S/C24H26N2O6/c27-12-21(23(29)30)25-22(28)20(11-14-9-10-14)26-24(31)32-13-19-17-7-3-1-5-15(17)16-6-2-4-8-18(16)19/h1-8,14,19-21,27H,9-13H2,(H,25,28)(H,26,31)(H,29,30)/t20-,21+/m0/s1. The summed E-state index contributed by atoms with van der Waals surface area (Å²) in [5, 5.41) is 23.1. The molecule has 168 valence electrons. The normalized spacial score (nSPS) is 16.4. The highest BCUT2D eigenvalue weighted by Crippen LogP contribution is 2.44. The Hall–Kier alpha value is -3.39. The minimum absolute atomic E-state index is 0.102. The van der Waals surface area contributed by atoms with Crippen LogP contribution >= 0.6 is 0 Å². The second kappa shape index (κ2) is 9.40. The fourth-order valence-corrected chi connectivity index (χ4v) is 4.16. The number of carbonyl (C=O) groups is 3. The quantitative estimate of drug-likeness (QED) is 0.476. The molecule has 0 saturated heterocycles. The van der Waals surface area contributed by atoms with Crippen molar-refractivity contribution in [2.75, 3.05) is 13.2 Å². The summed E-state index contributed by atoms with van der Waals surface area (Å²) in [6, 6.07) is 13.6. The molecule has 2 aromatic carbocycles. The van der Waals surface area contributed by atoms with Crippen LogP contribution in [0.15, 0.2) is 48.5 Å². The predicted molar refractivity (Wildman–Crippen MR) is 116 cm³/mol. The van der Waals surface area contributed by atoms with Gasteiger partial charge in [0.25, 0.3) is 0 Å². The number of carbonyl (C=O) groups excluding carboxylic acids is 2. The Morgan fingerprint density at radius 2 is 1.53 bits per heavy atom. The molecule has 32 heavy (non-hydrogen) atoms. The van der Waals surface area contributed by atoms with E-state index in [0.29, 0.717) is 12.3 Å². The monoisotopic (exact) mass is 438 g/mol. The molecule has 8 heteroatoms. The summed E-state index contributed by atoms with van der Waals surface area (Å²) in [4.78, 5) is 36.2. The van der Waals surface area contributed by atoms with Crippen molar-refractivity contribution in [3.63, 3.8) is 0 Å². The Labute approximate surface area is 185 Å². The van der Waals surface area contributed by atoms with E-state index in [1.54, 1.807) is 0 Å². The summed E-state index contributed by atoms with van der Waals surface area (Å²) in [6.07, 6.45) is 1.58. The molecule has 0 unspecified atom stereocenters. The number of aliphatic carboxylic acids is 1. The molecule has 2 aromatic rings. The predicted octanol–water partition coefficient (Wildman–Crippen LogP) is 2.26. The second-order valence-electron chi connectivity index (χ2n) is 8.28. The summed E-state index contributed by atoms with van der Waals surface area (Å²) in [5.74, 6) is -1.79. The average Bonchev–Trinajstić information content (AvgIpc) is 3.55. The van der Waals surface area contributed by atoms with Crippen molar-refractivity contribution < 1.29 is 29.3 Å². The fourth-order valence-electron chi connectivity index (χ4n) is 4.16. The Kier molecular flexibility index (Phi) is 6.41. The van der Waals surface area contributed by atoms with Crippen LogP contribution in [0.5, 0.6) is 0 Å². The Bertz CT molecular complexity index is 974. The first-order valence-corrected chi connectivity index (χ1v) is 10.7. The van der Waals surface area contributed by atoms with Gasteiger partial charge in [-0.25, -0.2) is 9.59 Å². The molecule has 4 rings (SSSR count). The first kappa shape index (κ1) is 21.8. The summed E-state index contributed by atoms with van der Waals surface area (Å²) in [5.41, 5.74) is 4.40. The highest BCUT2D eigenvalue weighted by atomic mass is 16.5. The van der Waals surface area contributed by atoms with Crippen molar-refractivity contribution in [2.24, 2.45) is 5.92 Å². The number of fused-ring (bicyclic) bond motifs is 3. The van der Waals surface area contributed by atoms with Crippen LogP contribution in [-0.2, 0) is 14.3 Å². The minimum atomic E-state index is -1.42. The number of hydrogen-bond acceptors (Lipinski definition) is 5. The van der Waals surface area contributed by atoms with Gasteiger partial charge in [0, 0.05) is 5.92 Å². The summed E-state index contributed by atoms with van der Waals surface area (Å²) in [6.45, 7) is -0.617. The van der Waals surface area contributed by atoms with Crippen LogP contribution in [0.1, 0.15) is 36.3 Å².